The van der Waals surface area contributed by atoms with Gasteiger partial charge in [-0.15, -0.1) is 0 Å². The quantitative estimate of drug-likeness (QED) is 0.818. The lowest BCUT2D eigenvalue weighted by molar-refractivity contribution is 0.467. The topological polar surface area (TPSA) is 39.2 Å². The fraction of sp³-hybridized carbons (Fsp3) is 0.333. The lowest BCUT2D eigenvalue weighted by atomic mass is 10.1. The summed E-state index contributed by atoms with van der Waals surface area (Å²) in [6, 6.07) is 6.34. The summed E-state index contributed by atoms with van der Waals surface area (Å²) in [6.07, 6.45) is 2.35. The Morgan fingerprint density at radius 1 is 1.33 bits per heavy atom. The summed E-state index contributed by atoms with van der Waals surface area (Å²) >= 11 is 0. The molecule has 0 spiro atoms. The first-order valence-electron chi connectivity index (χ1n) is 5.18. The summed E-state index contributed by atoms with van der Waals surface area (Å²) < 4.78 is 18.5. The van der Waals surface area contributed by atoms with Crippen molar-refractivity contribution in [2.45, 2.75) is 18.9 Å². The average molecular weight is 205 g/mol. The van der Waals surface area contributed by atoms with E-state index in [9.17, 15) is 4.39 Å². The predicted octanol–water partition coefficient (Wildman–Crippen LogP) is 2.98. The van der Waals surface area contributed by atoms with Gasteiger partial charge < -0.3 is 10.2 Å². The zero-order valence-corrected chi connectivity index (χ0v) is 8.24. The van der Waals surface area contributed by atoms with Gasteiger partial charge in [0, 0.05) is 5.39 Å². The molecule has 3 heteroatoms. The molecule has 1 unspecified atom stereocenters. The van der Waals surface area contributed by atoms with E-state index in [-0.39, 0.29) is 11.9 Å². The average Bonchev–Trinajstić information content (AvgIpc) is 2.97. The third-order valence-electron chi connectivity index (χ3n) is 2.96. The van der Waals surface area contributed by atoms with E-state index in [0.717, 1.165) is 11.1 Å². The number of nitrogens with two attached hydrogens (primary N) is 1. The van der Waals surface area contributed by atoms with Crippen LogP contribution in [0.2, 0.25) is 0 Å². The molecule has 0 saturated heterocycles. The van der Waals surface area contributed by atoms with Crippen LogP contribution in [0.5, 0.6) is 0 Å². The van der Waals surface area contributed by atoms with Gasteiger partial charge >= 0.3 is 0 Å². The minimum absolute atomic E-state index is 0.0274. The molecule has 2 aromatic rings. The second-order valence-electron chi connectivity index (χ2n) is 4.19. The minimum Gasteiger partial charge on any atom is -0.459 e. The Kier molecular flexibility index (Phi) is 1.83. The Balaban J connectivity index is 2.05. The van der Waals surface area contributed by atoms with Gasteiger partial charge in [-0.2, -0.15) is 0 Å². The van der Waals surface area contributed by atoms with Gasteiger partial charge in [-0.25, -0.2) is 4.39 Å². The number of fused-ring (bicyclic) bond motifs is 1. The van der Waals surface area contributed by atoms with E-state index in [1.54, 1.807) is 6.07 Å². The highest BCUT2D eigenvalue weighted by Gasteiger charge is 2.31. The molecule has 1 saturated carbocycles. The van der Waals surface area contributed by atoms with Gasteiger partial charge in [0.15, 0.2) is 0 Å². The van der Waals surface area contributed by atoms with E-state index < -0.39 is 0 Å². The van der Waals surface area contributed by atoms with E-state index in [1.807, 2.05) is 6.07 Å². The third-order valence-corrected chi connectivity index (χ3v) is 2.96. The molecule has 1 fully saturated rings. The summed E-state index contributed by atoms with van der Waals surface area (Å²) in [7, 11) is 0. The molecule has 1 aromatic carbocycles. The molecule has 0 amide bonds. The van der Waals surface area contributed by atoms with Crippen LogP contribution in [0.1, 0.15) is 24.6 Å². The molecule has 1 aliphatic carbocycles. The zero-order chi connectivity index (χ0) is 10.4. The van der Waals surface area contributed by atoms with Crippen LogP contribution in [0.15, 0.2) is 28.7 Å². The highest BCUT2D eigenvalue weighted by molar-refractivity contribution is 5.78. The maximum Gasteiger partial charge on any atom is 0.134 e. The monoisotopic (exact) mass is 205 g/mol. The van der Waals surface area contributed by atoms with E-state index >= 15 is 0 Å². The lowest BCUT2D eigenvalue weighted by Crippen LogP contribution is -2.10. The van der Waals surface area contributed by atoms with Crippen molar-refractivity contribution in [2.75, 3.05) is 0 Å². The van der Waals surface area contributed by atoms with Gasteiger partial charge in [0.05, 0.1) is 6.04 Å². The minimum atomic E-state index is -0.241. The first-order valence-corrected chi connectivity index (χ1v) is 5.18. The van der Waals surface area contributed by atoms with E-state index in [4.69, 9.17) is 10.2 Å². The summed E-state index contributed by atoms with van der Waals surface area (Å²) in [5.41, 5.74) is 6.73. The Hall–Kier alpha value is -1.35. The van der Waals surface area contributed by atoms with Crippen molar-refractivity contribution < 1.29 is 8.81 Å². The van der Waals surface area contributed by atoms with Crippen molar-refractivity contribution in [3.63, 3.8) is 0 Å². The maximum absolute atomic E-state index is 12.9. The highest BCUT2D eigenvalue weighted by atomic mass is 19.1. The molecule has 1 atom stereocenters. The van der Waals surface area contributed by atoms with Gasteiger partial charge in [0.25, 0.3) is 0 Å². The molecular formula is C12H12FNO. The molecule has 78 valence electrons. The van der Waals surface area contributed by atoms with Crippen LogP contribution in [0, 0.1) is 11.7 Å². The van der Waals surface area contributed by atoms with Crippen molar-refractivity contribution >= 4 is 11.0 Å². The first-order chi connectivity index (χ1) is 7.24. The van der Waals surface area contributed by atoms with Crippen LogP contribution in [-0.4, -0.2) is 0 Å². The first kappa shape index (κ1) is 8.92. The van der Waals surface area contributed by atoms with Crippen LogP contribution in [0.4, 0.5) is 4.39 Å². The summed E-state index contributed by atoms with van der Waals surface area (Å²) in [6.45, 7) is 0. The van der Waals surface area contributed by atoms with Crippen molar-refractivity contribution in [2.24, 2.45) is 11.7 Å². The molecule has 2 nitrogen and oxygen atoms in total. The Labute approximate surface area is 86.9 Å². The molecular weight excluding hydrogens is 193 g/mol. The van der Waals surface area contributed by atoms with Crippen molar-refractivity contribution in [1.29, 1.82) is 0 Å². The van der Waals surface area contributed by atoms with Crippen LogP contribution in [0.25, 0.3) is 11.0 Å². The molecule has 1 heterocycles. The number of rotatable bonds is 2. The van der Waals surface area contributed by atoms with Gasteiger partial charge in [-0.1, -0.05) is 0 Å². The Morgan fingerprint density at radius 3 is 2.87 bits per heavy atom. The predicted molar refractivity (Wildman–Crippen MR) is 55.8 cm³/mol. The normalized spacial score (nSPS) is 18.3. The van der Waals surface area contributed by atoms with Crippen LogP contribution < -0.4 is 5.73 Å². The second kappa shape index (κ2) is 3.07. The van der Waals surface area contributed by atoms with Crippen molar-refractivity contribution in [3.05, 3.63) is 35.8 Å². The molecule has 3 rings (SSSR count). The smallest absolute Gasteiger partial charge is 0.134 e. The van der Waals surface area contributed by atoms with Crippen LogP contribution in [0.3, 0.4) is 0 Å². The highest BCUT2D eigenvalue weighted by Crippen LogP contribution is 2.40. The van der Waals surface area contributed by atoms with Gasteiger partial charge in [-0.05, 0) is 43.0 Å². The molecule has 0 radical (unpaired) electrons. The number of halogens is 1. The van der Waals surface area contributed by atoms with E-state index in [1.165, 1.54) is 25.0 Å². The summed E-state index contributed by atoms with van der Waals surface area (Å²) in [5.74, 6) is 1.09. The molecule has 1 aromatic heterocycles. The maximum atomic E-state index is 12.9. The SMILES string of the molecule is NC(c1cc2cc(F)ccc2o1)C1CC1. The molecule has 2 N–H and O–H groups in total. The van der Waals surface area contributed by atoms with E-state index in [2.05, 4.69) is 0 Å². The largest absolute Gasteiger partial charge is 0.459 e. The van der Waals surface area contributed by atoms with Crippen molar-refractivity contribution in [3.8, 4) is 0 Å². The third kappa shape index (κ3) is 1.53. The van der Waals surface area contributed by atoms with Gasteiger partial charge in [0.2, 0.25) is 0 Å². The van der Waals surface area contributed by atoms with Gasteiger partial charge in [-0.3, -0.25) is 0 Å². The zero-order valence-electron chi connectivity index (χ0n) is 8.24. The van der Waals surface area contributed by atoms with Gasteiger partial charge in [0.1, 0.15) is 17.2 Å². The number of hydrogen-bond donors (Lipinski definition) is 1. The molecule has 0 aliphatic heterocycles. The fourth-order valence-corrected chi connectivity index (χ4v) is 1.89. The van der Waals surface area contributed by atoms with Crippen LogP contribution >= 0.6 is 0 Å². The Bertz CT molecular complexity index is 501. The fourth-order valence-electron chi connectivity index (χ4n) is 1.89. The van der Waals surface area contributed by atoms with Crippen molar-refractivity contribution in [1.82, 2.24) is 0 Å². The number of benzene rings is 1. The van der Waals surface area contributed by atoms with Crippen LogP contribution in [-0.2, 0) is 0 Å². The molecule has 0 bridgehead atoms. The Morgan fingerprint density at radius 2 is 2.13 bits per heavy atom. The standard InChI is InChI=1S/C12H12FNO/c13-9-3-4-10-8(5-9)6-11(15-10)12(14)7-1-2-7/h3-7,12H,1-2,14H2. The van der Waals surface area contributed by atoms with E-state index in [0.29, 0.717) is 11.5 Å². The summed E-state index contributed by atoms with van der Waals surface area (Å²) in [5, 5.41) is 0.793. The second-order valence-corrected chi connectivity index (χ2v) is 4.19. The number of hydrogen-bond acceptors (Lipinski definition) is 2. The number of furan rings is 1. The lowest BCUT2D eigenvalue weighted by Gasteiger charge is -2.04. The summed E-state index contributed by atoms with van der Waals surface area (Å²) in [4.78, 5) is 0. The molecule has 1 aliphatic rings. The molecule has 15 heavy (non-hydrogen) atoms.